The highest BCUT2D eigenvalue weighted by Crippen LogP contribution is 2.41. The number of carbonyl (C=O) groups excluding carboxylic acids is 2. The number of hydrogen-bond acceptors (Lipinski definition) is 4. The van der Waals surface area contributed by atoms with Crippen molar-refractivity contribution in [1.29, 1.82) is 0 Å². The van der Waals surface area contributed by atoms with Crippen LogP contribution in [0.25, 0.3) is 0 Å². The van der Waals surface area contributed by atoms with Crippen molar-refractivity contribution in [2.45, 2.75) is 48.5 Å². The average molecular weight is 270 g/mol. The smallest absolute Gasteiger partial charge is 0.316 e. The van der Waals surface area contributed by atoms with Gasteiger partial charge in [-0.15, -0.1) is 0 Å². The summed E-state index contributed by atoms with van der Waals surface area (Å²) < 4.78 is 9.96. The van der Waals surface area contributed by atoms with Gasteiger partial charge in [-0.2, -0.15) is 0 Å². The summed E-state index contributed by atoms with van der Waals surface area (Å²) in [7, 11) is 0. The number of hydrogen-bond donors (Lipinski definition) is 0. The Morgan fingerprint density at radius 1 is 0.947 bits per heavy atom. The van der Waals surface area contributed by atoms with Gasteiger partial charge in [-0.05, 0) is 26.2 Å². The van der Waals surface area contributed by atoms with Crippen LogP contribution in [0.4, 0.5) is 0 Å². The summed E-state index contributed by atoms with van der Waals surface area (Å²) in [4.78, 5) is 22.9. The van der Waals surface area contributed by atoms with E-state index >= 15 is 0 Å². The van der Waals surface area contributed by atoms with E-state index in [-0.39, 0.29) is 30.6 Å². The monoisotopic (exact) mass is 270 g/mol. The number of allylic oxidation sites excluding steroid dienone is 1. The lowest BCUT2D eigenvalue weighted by molar-refractivity contribution is -0.161. The van der Waals surface area contributed by atoms with Crippen LogP contribution in [-0.2, 0) is 19.1 Å². The summed E-state index contributed by atoms with van der Waals surface area (Å²) in [5, 5.41) is 0. The summed E-state index contributed by atoms with van der Waals surface area (Å²) in [5.41, 5.74) is 0.0968. The zero-order chi connectivity index (χ0) is 15.3. The second kappa shape index (κ2) is 6.73. The van der Waals surface area contributed by atoms with Gasteiger partial charge in [-0.25, -0.2) is 0 Å². The van der Waals surface area contributed by atoms with E-state index in [0.29, 0.717) is 0 Å². The molecule has 1 atom stereocenters. The third-order valence-electron chi connectivity index (χ3n) is 3.18. The minimum absolute atomic E-state index is 0.0840. The first-order valence-corrected chi connectivity index (χ1v) is 6.47. The van der Waals surface area contributed by atoms with Crippen molar-refractivity contribution in [2.24, 2.45) is 10.8 Å². The van der Waals surface area contributed by atoms with Gasteiger partial charge in [0.1, 0.15) is 13.2 Å². The van der Waals surface area contributed by atoms with Gasteiger partial charge in [-0.1, -0.05) is 32.4 Å². The molecule has 4 heteroatoms. The summed E-state index contributed by atoms with van der Waals surface area (Å²) in [6.07, 6.45) is 1.93. The first-order valence-electron chi connectivity index (χ1n) is 6.47. The number of carbonyl (C=O) groups is 2. The highest BCUT2D eigenvalue weighted by Gasteiger charge is 2.43. The average Bonchev–Trinajstić information content (AvgIpc) is 2.20. The zero-order valence-corrected chi connectivity index (χ0v) is 13.1. The molecule has 0 aliphatic rings. The Morgan fingerprint density at radius 3 is 1.79 bits per heavy atom. The van der Waals surface area contributed by atoms with Crippen LogP contribution < -0.4 is 0 Å². The second-order valence-corrected chi connectivity index (χ2v) is 6.15. The van der Waals surface area contributed by atoms with Gasteiger partial charge < -0.3 is 9.47 Å². The maximum atomic E-state index is 12.3. The molecule has 0 fully saturated rings. The van der Waals surface area contributed by atoms with Crippen molar-refractivity contribution >= 4 is 11.9 Å². The van der Waals surface area contributed by atoms with E-state index in [1.54, 1.807) is 0 Å². The van der Waals surface area contributed by atoms with Gasteiger partial charge in [0.15, 0.2) is 0 Å². The van der Waals surface area contributed by atoms with Crippen LogP contribution in [0.3, 0.4) is 0 Å². The van der Waals surface area contributed by atoms with Crippen LogP contribution in [0.15, 0.2) is 11.6 Å². The largest absolute Gasteiger partial charge is 0.462 e. The van der Waals surface area contributed by atoms with Crippen molar-refractivity contribution in [3.05, 3.63) is 11.6 Å². The Kier molecular flexibility index (Phi) is 6.27. The molecule has 0 aliphatic carbocycles. The van der Waals surface area contributed by atoms with Gasteiger partial charge in [-0.3, -0.25) is 9.59 Å². The molecule has 0 aliphatic heterocycles. The quantitative estimate of drug-likeness (QED) is 0.437. The molecule has 0 aromatic carbocycles. The Balaban J connectivity index is 4.77. The minimum Gasteiger partial charge on any atom is -0.462 e. The topological polar surface area (TPSA) is 52.6 Å². The molecule has 0 aromatic heterocycles. The molecule has 0 saturated heterocycles. The van der Waals surface area contributed by atoms with Gasteiger partial charge in [0.25, 0.3) is 0 Å². The van der Waals surface area contributed by atoms with E-state index < -0.39 is 5.41 Å². The number of ether oxygens (including phenoxy) is 2. The molecule has 0 amide bonds. The lowest BCUT2D eigenvalue weighted by Gasteiger charge is -2.37. The molecule has 4 nitrogen and oxygen atoms in total. The van der Waals surface area contributed by atoms with Crippen molar-refractivity contribution in [3.8, 4) is 0 Å². The fourth-order valence-corrected chi connectivity index (χ4v) is 1.63. The van der Waals surface area contributed by atoms with E-state index in [1.807, 2.05) is 47.6 Å². The Morgan fingerprint density at radius 2 is 1.42 bits per heavy atom. The van der Waals surface area contributed by atoms with Gasteiger partial charge in [0.2, 0.25) is 0 Å². The lowest BCUT2D eigenvalue weighted by Crippen LogP contribution is -2.40. The fourth-order valence-electron chi connectivity index (χ4n) is 1.63. The minimum atomic E-state index is -0.706. The van der Waals surface area contributed by atoms with Crippen LogP contribution in [0.5, 0.6) is 0 Å². The molecule has 0 radical (unpaired) electrons. The summed E-state index contributed by atoms with van der Waals surface area (Å²) >= 11 is 0. The van der Waals surface area contributed by atoms with E-state index in [4.69, 9.17) is 9.47 Å². The van der Waals surface area contributed by atoms with Crippen molar-refractivity contribution < 1.29 is 19.1 Å². The molecule has 110 valence electrons. The maximum Gasteiger partial charge on any atom is 0.316 e. The van der Waals surface area contributed by atoms with Crippen LogP contribution in [-0.4, -0.2) is 25.2 Å². The number of rotatable bonds is 5. The predicted octanol–water partition coefficient (Wildman–Crippen LogP) is 3.11. The molecular formula is C15H26O4. The standard InChI is InChI=1S/C15H26O4/c1-11(2)10-15(7,14(4,5)6)13(17)19-9-8-18-12(3)16/h10H,8-9H2,1-7H3. The second-order valence-electron chi connectivity index (χ2n) is 6.15. The lowest BCUT2D eigenvalue weighted by atomic mass is 9.67. The van der Waals surface area contributed by atoms with Gasteiger partial charge in [0.05, 0.1) is 5.41 Å². The Hall–Kier alpha value is -1.32. The highest BCUT2D eigenvalue weighted by atomic mass is 16.6. The zero-order valence-electron chi connectivity index (χ0n) is 13.1. The first-order chi connectivity index (χ1) is 8.50. The number of esters is 2. The van der Waals surface area contributed by atoms with Crippen LogP contribution in [0.1, 0.15) is 48.5 Å². The maximum absolute atomic E-state index is 12.3. The SMILES string of the molecule is CC(=O)OCCOC(=O)C(C)(C=C(C)C)C(C)(C)C. The summed E-state index contributed by atoms with van der Waals surface area (Å²) in [5.74, 6) is -0.674. The molecule has 1 unspecified atom stereocenters. The third kappa shape index (κ3) is 5.45. The van der Waals surface area contributed by atoms with E-state index in [1.165, 1.54) is 6.92 Å². The van der Waals surface area contributed by atoms with Crippen molar-refractivity contribution in [2.75, 3.05) is 13.2 Å². The van der Waals surface area contributed by atoms with E-state index in [2.05, 4.69) is 0 Å². The molecule has 0 rings (SSSR count). The van der Waals surface area contributed by atoms with Gasteiger partial charge >= 0.3 is 11.9 Å². The van der Waals surface area contributed by atoms with E-state index in [0.717, 1.165) is 5.57 Å². The Labute approximate surface area is 116 Å². The van der Waals surface area contributed by atoms with E-state index in [9.17, 15) is 9.59 Å². The fraction of sp³-hybridized carbons (Fsp3) is 0.733. The van der Waals surface area contributed by atoms with Gasteiger partial charge in [0, 0.05) is 6.92 Å². The van der Waals surface area contributed by atoms with Crippen molar-refractivity contribution in [1.82, 2.24) is 0 Å². The molecule has 0 spiro atoms. The molecule has 0 heterocycles. The molecule has 0 N–H and O–H groups in total. The summed E-state index contributed by atoms with van der Waals surface area (Å²) in [6.45, 7) is 13.3. The first kappa shape index (κ1) is 17.7. The molecule has 0 aromatic rings. The normalized spacial score (nSPS) is 14.3. The molecule has 0 saturated carbocycles. The molecule has 0 bridgehead atoms. The summed E-state index contributed by atoms with van der Waals surface area (Å²) in [6, 6.07) is 0. The third-order valence-corrected chi connectivity index (χ3v) is 3.18. The van der Waals surface area contributed by atoms with Crippen LogP contribution in [0.2, 0.25) is 0 Å². The highest BCUT2D eigenvalue weighted by molar-refractivity contribution is 5.79. The molecule has 19 heavy (non-hydrogen) atoms. The van der Waals surface area contributed by atoms with Crippen molar-refractivity contribution in [3.63, 3.8) is 0 Å². The van der Waals surface area contributed by atoms with Crippen LogP contribution >= 0.6 is 0 Å². The Bertz CT molecular complexity index is 359. The van der Waals surface area contributed by atoms with Crippen LogP contribution in [0, 0.1) is 10.8 Å². The molecular weight excluding hydrogens is 244 g/mol. The predicted molar refractivity (Wildman–Crippen MR) is 74.6 cm³/mol.